The van der Waals surface area contributed by atoms with Crippen molar-refractivity contribution >= 4 is 27.9 Å². The molecule has 24 heavy (non-hydrogen) atoms. The van der Waals surface area contributed by atoms with Crippen LogP contribution in [0, 0.1) is 5.82 Å². The molecule has 7 heteroatoms. The number of halogens is 2. The fourth-order valence-corrected chi connectivity index (χ4v) is 3.59. The Balaban J connectivity index is 1.89. The van der Waals surface area contributed by atoms with Crippen LogP contribution in [-0.2, 0) is 16.0 Å². The molecule has 1 aromatic rings. The zero-order valence-electron chi connectivity index (χ0n) is 13.9. The van der Waals surface area contributed by atoms with Crippen LogP contribution in [0.25, 0.3) is 0 Å². The molecular formula is C17H20BrFN2O3. The number of amides is 2. The maximum Gasteiger partial charge on any atom is 0.410 e. The lowest BCUT2D eigenvalue weighted by Gasteiger charge is -2.44. The molecule has 0 radical (unpaired) electrons. The lowest BCUT2D eigenvalue weighted by molar-refractivity contribution is -0.140. The van der Waals surface area contributed by atoms with E-state index >= 15 is 0 Å². The number of benzene rings is 1. The van der Waals surface area contributed by atoms with Crippen LogP contribution < -0.4 is 0 Å². The summed E-state index contributed by atoms with van der Waals surface area (Å²) in [7, 11) is 0. The lowest BCUT2D eigenvalue weighted by Crippen LogP contribution is -2.56. The Morgan fingerprint density at radius 3 is 2.75 bits per heavy atom. The van der Waals surface area contributed by atoms with E-state index in [-0.39, 0.29) is 24.3 Å². The highest BCUT2D eigenvalue weighted by molar-refractivity contribution is 9.10. The fraction of sp³-hybridized carbons (Fsp3) is 0.529. The number of ether oxygens (including phenoxy) is 1. The van der Waals surface area contributed by atoms with E-state index < -0.39 is 11.7 Å². The second-order valence-electron chi connectivity index (χ2n) is 7.14. The quantitative estimate of drug-likeness (QED) is 0.673. The van der Waals surface area contributed by atoms with Gasteiger partial charge in [0.15, 0.2) is 0 Å². The molecule has 2 heterocycles. The SMILES string of the molecule is CC(C)(C)OC(=O)N1CC(=O)N2CCc3c(ccc(Br)c3F)C2C1. The summed E-state index contributed by atoms with van der Waals surface area (Å²) in [6, 6.07) is 3.14. The Kier molecular flexibility index (Phi) is 4.32. The van der Waals surface area contributed by atoms with Gasteiger partial charge in [-0.3, -0.25) is 9.69 Å². The molecule has 0 aliphatic carbocycles. The van der Waals surface area contributed by atoms with Crippen molar-refractivity contribution in [3.8, 4) is 0 Å². The van der Waals surface area contributed by atoms with Crippen LogP contribution in [0.4, 0.5) is 9.18 Å². The third kappa shape index (κ3) is 3.14. The molecule has 0 aromatic heterocycles. The van der Waals surface area contributed by atoms with Crippen molar-refractivity contribution in [3.05, 3.63) is 33.5 Å². The molecule has 1 unspecified atom stereocenters. The third-order valence-electron chi connectivity index (χ3n) is 4.26. The first-order valence-electron chi connectivity index (χ1n) is 7.91. The standard InChI is InChI=1S/C17H20BrFN2O3/c1-17(2,3)24-16(23)20-8-13-10-4-5-12(18)15(19)11(10)6-7-21(13)14(22)9-20/h4-5,13H,6-9H2,1-3H3. The highest BCUT2D eigenvalue weighted by Crippen LogP contribution is 2.36. The molecule has 3 rings (SSSR count). The van der Waals surface area contributed by atoms with Crippen LogP contribution >= 0.6 is 15.9 Å². The summed E-state index contributed by atoms with van der Waals surface area (Å²) in [6.45, 7) is 6.13. The van der Waals surface area contributed by atoms with Gasteiger partial charge in [0.1, 0.15) is 18.0 Å². The first-order chi connectivity index (χ1) is 11.2. The first-order valence-corrected chi connectivity index (χ1v) is 8.71. The van der Waals surface area contributed by atoms with E-state index in [2.05, 4.69) is 15.9 Å². The molecule has 0 bridgehead atoms. The summed E-state index contributed by atoms with van der Waals surface area (Å²) < 4.78 is 20.2. The molecule has 0 spiro atoms. The topological polar surface area (TPSA) is 49.9 Å². The van der Waals surface area contributed by atoms with Gasteiger partial charge in [-0.05, 0) is 60.3 Å². The number of piperazine rings is 1. The predicted molar refractivity (Wildman–Crippen MR) is 90.1 cm³/mol. The fourth-order valence-electron chi connectivity index (χ4n) is 3.22. The second kappa shape index (κ2) is 6.02. The molecule has 0 saturated carbocycles. The van der Waals surface area contributed by atoms with Crippen LogP contribution in [0.3, 0.4) is 0 Å². The van der Waals surface area contributed by atoms with Gasteiger partial charge in [0.05, 0.1) is 10.5 Å². The molecule has 130 valence electrons. The van der Waals surface area contributed by atoms with Gasteiger partial charge in [-0.1, -0.05) is 6.07 Å². The highest BCUT2D eigenvalue weighted by atomic mass is 79.9. The molecule has 2 aliphatic rings. The van der Waals surface area contributed by atoms with Crippen LogP contribution in [0.5, 0.6) is 0 Å². The third-order valence-corrected chi connectivity index (χ3v) is 4.87. The minimum atomic E-state index is -0.626. The van der Waals surface area contributed by atoms with E-state index in [9.17, 15) is 14.0 Å². The Morgan fingerprint density at radius 2 is 2.08 bits per heavy atom. The molecular weight excluding hydrogens is 379 g/mol. The molecule has 5 nitrogen and oxygen atoms in total. The number of hydrogen-bond donors (Lipinski definition) is 0. The number of hydrogen-bond acceptors (Lipinski definition) is 3. The van der Waals surface area contributed by atoms with E-state index in [1.807, 2.05) is 6.07 Å². The van der Waals surface area contributed by atoms with Crippen molar-refractivity contribution < 1.29 is 18.7 Å². The highest BCUT2D eigenvalue weighted by Gasteiger charge is 2.40. The summed E-state index contributed by atoms with van der Waals surface area (Å²) >= 11 is 3.20. The minimum absolute atomic E-state index is 0.000241. The molecule has 1 saturated heterocycles. The lowest BCUT2D eigenvalue weighted by atomic mass is 9.90. The van der Waals surface area contributed by atoms with Crippen LogP contribution in [-0.4, -0.2) is 47.0 Å². The summed E-state index contributed by atoms with van der Waals surface area (Å²) in [5.74, 6) is -0.417. The van der Waals surface area contributed by atoms with Crippen molar-refractivity contribution in [2.75, 3.05) is 19.6 Å². The van der Waals surface area contributed by atoms with Gasteiger partial charge >= 0.3 is 6.09 Å². The zero-order chi connectivity index (χ0) is 17.6. The van der Waals surface area contributed by atoms with Gasteiger partial charge < -0.3 is 9.64 Å². The van der Waals surface area contributed by atoms with Crippen molar-refractivity contribution in [3.63, 3.8) is 0 Å². The van der Waals surface area contributed by atoms with Gasteiger partial charge in [0.25, 0.3) is 0 Å². The number of fused-ring (bicyclic) bond motifs is 3. The monoisotopic (exact) mass is 398 g/mol. The summed E-state index contributed by atoms with van der Waals surface area (Å²) in [5.41, 5.74) is 0.756. The van der Waals surface area contributed by atoms with Gasteiger partial charge in [-0.25, -0.2) is 9.18 Å². The zero-order valence-corrected chi connectivity index (χ0v) is 15.5. The van der Waals surface area contributed by atoms with Crippen molar-refractivity contribution in [1.29, 1.82) is 0 Å². The van der Waals surface area contributed by atoms with Gasteiger partial charge in [0.2, 0.25) is 5.91 Å². The van der Waals surface area contributed by atoms with Crippen LogP contribution in [0.2, 0.25) is 0 Å². The van der Waals surface area contributed by atoms with Crippen LogP contribution in [0.1, 0.15) is 37.9 Å². The summed E-state index contributed by atoms with van der Waals surface area (Å²) in [5, 5.41) is 0. The van der Waals surface area contributed by atoms with E-state index in [0.717, 1.165) is 5.56 Å². The second-order valence-corrected chi connectivity index (χ2v) is 8.00. The number of carbonyl (C=O) groups excluding carboxylic acids is 2. The minimum Gasteiger partial charge on any atom is -0.444 e. The van der Waals surface area contributed by atoms with Crippen molar-refractivity contribution in [2.45, 2.75) is 38.8 Å². The normalized spacial score (nSPS) is 20.5. The molecule has 0 N–H and O–H groups in total. The Hall–Kier alpha value is -1.63. The van der Waals surface area contributed by atoms with Crippen molar-refractivity contribution in [2.24, 2.45) is 0 Å². The Labute approximate surface area is 148 Å². The molecule has 1 aromatic carbocycles. The predicted octanol–water partition coefficient (Wildman–Crippen LogP) is 3.26. The Bertz CT molecular complexity index is 702. The van der Waals surface area contributed by atoms with Gasteiger partial charge in [-0.15, -0.1) is 0 Å². The van der Waals surface area contributed by atoms with Gasteiger partial charge in [0, 0.05) is 13.1 Å². The van der Waals surface area contributed by atoms with E-state index in [1.54, 1.807) is 31.7 Å². The van der Waals surface area contributed by atoms with E-state index in [0.29, 0.717) is 29.5 Å². The van der Waals surface area contributed by atoms with Crippen LogP contribution in [0.15, 0.2) is 16.6 Å². The molecule has 1 atom stereocenters. The smallest absolute Gasteiger partial charge is 0.410 e. The summed E-state index contributed by atoms with van der Waals surface area (Å²) in [6.07, 6.45) is -0.0323. The molecule has 2 aliphatic heterocycles. The summed E-state index contributed by atoms with van der Waals surface area (Å²) in [4.78, 5) is 27.9. The Morgan fingerprint density at radius 1 is 1.38 bits per heavy atom. The van der Waals surface area contributed by atoms with E-state index in [4.69, 9.17) is 4.74 Å². The first kappa shape index (κ1) is 17.2. The van der Waals surface area contributed by atoms with Crippen molar-refractivity contribution in [1.82, 2.24) is 9.80 Å². The average Bonchev–Trinajstić information content (AvgIpc) is 2.48. The number of nitrogens with zero attached hydrogens (tertiary/aromatic N) is 2. The molecule has 2 amide bonds. The number of carbonyl (C=O) groups is 2. The number of rotatable bonds is 0. The maximum atomic E-state index is 14.4. The van der Waals surface area contributed by atoms with Gasteiger partial charge in [-0.2, -0.15) is 0 Å². The van der Waals surface area contributed by atoms with E-state index in [1.165, 1.54) is 4.90 Å². The molecule has 1 fully saturated rings. The maximum absolute atomic E-state index is 14.4. The average molecular weight is 399 g/mol. The largest absolute Gasteiger partial charge is 0.444 e.